The summed E-state index contributed by atoms with van der Waals surface area (Å²) in [6, 6.07) is 11.2. The van der Waals surface area contributed by atoms with E-state index in [1.807, 2.05) is 0 Å². The van der Waals surface area contributed by atoms with Crippen LogP contribution in [0.2, 0.25) is 0 Å². The average Bonchev–Trinajstić information content (AvgIpc) is 2.76. The van der Waals surface area contributed by atoms with Crippen molar-refractivity contribution >= 4 is 35.7 Å². The number of rotatable bonds is 10. The van der Waals surface area contributed by atoms with Crippen LogP contribution < -0.4 is 21.5 Å². The van der Waals surface area contributed by atoms with Crippen molar-refractivity contribution < 1.29 is 29.0 Å². The number of benzene rings is 2. The number of nitrogens with one attached hydrogen (secondary N) is 2. The lowest BCUT2D eigenvalue weighted by atomic mass is 10.1. The molecule has 1 atom stereocenters. The largest absolute Gasteiger partial charge is 0.480 e. The van der Waals surface area contributed by atoms with Gasteiger partial charge in [0.05, 0.1) is 5.56 Å². The van der Waals surface area contributed by atoms with Crippen molar-refractivity contribution in [1.29, 1.82) is 5.41 Å². The molecule has 0 unspecified atom stereocenters. The molecule has 2 amide bonds. The van der Waals surface area contributed by atoms with E-state index in [4.69, 9.17) is 21.6 Å². The monoisotopic (exact) mass is 452 g/mol. The van der Waals surface area contributed by atoms with Crippen molar-refractivity contribution in [2.45, 2.75) is 25.8 Å². The highest BCUT2D eigenvalue weighted by atomic mass is 16.5. The van der Waals surface area contributed by atoms with E-state index in [1.54, 1.807) is 24.3 Å². The van der Waals surface area contributed by atoms with Crippen LogP contribution in [0.15, 0.2) is 54.1 Å². The summed E-state index contributed by atoms with van der Waals surface area (Å²) >= 11 is 0. The Balaban J connectivity index is 2.01. The molecule has 0 aliphatic rings. The van der Waals surface area contributed by atoms with Gasteiger partial charge in [-0.05, 0) is 61.4 Å². The lowest BCUT2D eigenvalue weighted by Crippen LogP contribution is -2.41. The van der Waals surface area contributed by atoms with Crippen LogP contribution in [0.1, 0.15) is 41.3 Å². The summed E-state index contributed by atoms with van der Waals surface area (Å²) in [5, 5.41) is 18.9. The smallest absolute Gasteiger partial charge is 0.343 e. The van der Waals surface area contributed by atoms with Crippen LogP contribution in [0.25, 0.3) is 6.08 Å². The summed E-state index contributed by atoms with van der Waals surface area (Å²) in [7, 11) is 0. The van der Waals surface area contributed by atoms with Crippen molar-refractivity contribution in [2.24, 2.45) is 11.5 Å². The summed E-state index contributed by atoms with van der Waals surface area (Å²) < 4.78 is 5.28. The standard InChI is InChI=1S/C23H24N4O6/c1-13(21(29)27-18(22(30)31)10-11-19(24)28)12-14-2-4-16(5-3-14)23(32)33-17-8-6-15(7-9-17)20(25)26/h2-9,12,18H,10-11H2,1H3,(H2,24,28)(H3,25,26)(H,27,29)(H,30,31)/b13-12+/t18-/m1/s1. The number of ether oxygens (including phenoxy) is 1. The lowest BCUT2D eigenvalue weighted by molar-refractivity contribution is -0.141. The van der Waals surface area contributed by atoms with E-state index >= 15 is 0 Å². The second-order valence-electron chi connectivity index (χ2n) is 7.15. The number of carbonyl (C=O) groups is 4. The molecule has 2 aromatic rings. The minimum Gasteiger partial charge on any atom is -0.480 e. The Labute approximate surface area is 189 Å². The molecule has 33 heavy (non-hydrogen) atoms. The van der Waals surface area contributed by atoms with Crippen molar-refractivity contribution in [3.8, 4) is 5.75 Å². The second kappa shape index (κ2) is 11.2. The highest BCUT2D eigenvalue weighted by Crippen LogP contribution is 2.15. The van der Waals surface area contributed by atoms with Gasteiger partial charge in [-0.3, -0.25) is 15.0 Å². The van der Waals surface area contributed by atoms with Gasteiger partial charge < -0.3 is 26.6 Å². The van der Waals surface area contributed by atoms with E-state index in [9.17, 15) is 24.3 Å². The first kappa shape index (κ1) is 24.8. The number of primary amides is 1. The first-order valence-electron chi connectivity index (χ1n) is 9.83. The Hall–Kier alpha value is -4.47. The van der Waals surface area contributed by atoms with Crippen LogP contribution in [0.4, 0.5) is 0 Å². The summed E-state index contributed by atoms with van der Waals surface area (Å²) in [6.45, 7) is 1.51. The number of amides is 2. The van der Waals surface area contributed by atoms with Gasteiger partial charge >= 0.3 is 11.9 Å². The minimum atomic E-state index is -1.27. The molecule has 0 bridgehead atoms. The molecule has 2 rings (SSSR count). The maximum absolute atomic E-state index is 12.3. The summed E-state index contributed by atoms with van der Waals surface area (Å²) in [5.74, 6) is -2.92. The molecule has 10 heteroatoms. The van der Waals surface area contributed by atoms with Crippen LogP contribution in [-0.2, 0) is 14.4 Å². The summed E-state index contributed by atoms with van der Waals surface area (Å²) in [6.07, 6.45) is 1.24. The second-order valence-corrected chi connectivity index (χ2v) is 7.15. The third kappa shape index (κ3) is 7.62. The van der Waals surface area contributed by atoms with E-state index in [0.29, 0.717) is 16.9 Å². The van der Waals surface area contributed by atoms with Gasteiger partial charge in [0, 0.05) is 17.6 Å². The van der Waals surface area contributed by atoms with Crippen molar-refractivity contribution in [1.82, 2.24) is 5.32 Å². The van der Waals surface area contributed by atoms with Gasteiger partial charge in [0.25, 0.3) is 0 Å². The molecule has 0 aliphatic heterocycles. The Kier molecular flexibility index (Phi) is 8.44. The number of hydrogen-bond acceptors (Lipinski definition) is 6. The third-order valence-corrected chi connectivity index (χ3v) is 4.55. The number of carboxylic acids is 1. The molecule has 7 N–H and O–H groups in total. The number of carbonyl (C=O) groups excluding carboxylic acids is 3. The SMILES string of the molecule is C/C(=C\c1ccc(C(=O)Oc2ccc(C(=N)N)cc2)cc1)C(=O)N[C@H](CCC(N)=O)C(=O)O. The van der Waals surface area contributed by atoms with Gasteiger partial charge in [0.15, 0.2) is 0 Å². The Morgan fingerprint density at radius 1 is 1.03 bits per heavy atom. The van der Waals surface area contributed by atoms with Crippen LogP contribution >= 0.6 is 0 Å². The first-order valence-corrected chi connectivity index (χ1v) is 9.83. The quantitative estimate of drug-likeness (QED) is 0.119. The molecule has 0 aliphatic carbocycles. The first-order chi connectivity index (χ1) is 15.6. The molecule has 0 saturated heterocycles. The zero-order chi connectivity index (χ0) is 24.5. The number of carboxylic acid groups (broad SMARTS) is 1. The Morgan fingerprint density at radius 2 is 1.61 bits per heavy atom. The molecule has 10 nitrogen and oxygen atoms in total. The van der Waals surface area contributed by atoms with Crippen molar-refractivity contribution in [3.63, 3.8) is 0 Å². The molecule has 0 aromatic heterocycles. The van der Waals surface area contributed by atoms with E-state index < -0.39 is 29.8 Å². The predicted molar refractivity (Wildman–Crippen MR) is 121 cm³/mol. The number of aliphatic carboxylic acids is 1. The van der Waals surface area contributed by atoms with E-state index in [2.05, 4.69) is 5.32 Å². The highest BCUT2D eigenvalue weighted by molar-refractivity contribution is 5.99. The van der Waals surface area contributed by atoms with Crippen LogP contribution in [0, 0.1) is 5.41 Å². The molecular formula is C23H24N4O6. The fourth-order valence-corrected chi connectivity index (χ4v) is 2.72. The van der Waals surface area contributed by atoms with Crippen molar-refractivity contribution in [3.05, 3.63) is 70.8 Å². The highest BCUT2D eigenvalue weighted by Gasteiger charge is 2.21. The van der Waals surface area contributed by atoms with Crippen LogP contribution in [-0.4, -0.2) is 40.7 Å². The minimum absolute atomic E-state index is 0.0929. The van der Waals surface area contributed by atoms with Gasteiger partial charge in [0.2, 0.25) is 11.8 Å². The number of esters is 1. The molecule has 0 heterocycles. The van der Waals surface area contributed by atoms with Gasteiger partial charge in [-0.25, -0.2) is 9.59 Å². The van der Waals surface area contributed by atoms with Crippen LogP contribution in [0.5, 0.6) is 5.75 Å². The molecule has 0 radical (unpaired) electrons. The average molecular weight is 452 g/mol. The number of amidine groups is 1. The molecular weight excluding hydrogens is 428 g/mol. The molecule has 172 valence electrons. The molecule has 0 fully saturated rings. The topological polar surface area (TPSA) is 186 Å². The van der Waals surface area contributed by atoms with Crippen molar-refractivity contribution in [2.75, 3.05) is 0 Å². The van der Waals surface area contributed by atoms with Gasteiger partial charge in [-0.2, -0.15) is 0 Å². The number of nitrogens with two attached hydrogens (primary N) is 2. The van der Waals surface area contributed by atoms with Crippen LogP contribution in [0.3, 0.4) is 0 Å². The number of nitrogen functional groups attached to an aromatic ring is 1. The van der Waals surface area contributed by atoms with Gasteiger partial charge in [0.1, 0.15) is 17.6 Å². The Morgan fingerprint density at radius 3 is 2.12 bits per heavy atom. The maximum Gasteiger partial charge on any atom is 0.343 e. The fourth-order valence-electron chi connectivity index (χ4n) is 2.72. The normalized spacial score (nSPS) is 11.8. The molecule has 0 spiro atoms. The number of hydrogen-bond donors (Lipinski definition) is 5. The van der Waals surface area contributed by atoms with E-state index in [1.165, 1.54) is 37.3 Å². The molecule has 2 aromatic carbocycles. The predicted octanol–water partition coefficient (Wildman–Crippen LogP) is 1.43. The van der Waals surface area contributed by atoms with Gasteiger partial charge in [-0.1, -0.05) is 12.1 Å². The molecule has 0 saturated carbocycles. The van der Waals surface area contributed by atoms with Gasteiger partial charge in [-0.15, -0.1) is 0 Å². The maximum atomic E-state index is 12.3. The Bertz CT molecular complexity index is 1090. The summed E-state index contributed by atoms with van der Waals surface area (Å²) in [4.78, 5) is 46.7. The zero-order valence-corrected chi connectivity index (χ0v) is 17.8. The lowest BCUT2D eigenvalue weighted by Gasteiger charge is -2.14. The van der Waals surface area contributed by atoms with E-state index in [0.717, 1.165) is 0 Å². The zero-order valence-electron chi connectivity index (χ0n) is 17.8. The third-order valence-electron chi connectivity index (χ3n) is 4.55. The van der Waals surface area contributed by atoms with E-state index in [-0.39, 0.29) is 29.8 Å². The summed E-state index contributed by atoms with van der Waals surface area (Å²) in [5.41, 5.74) is 12.0. The fraction of sp³-hybridized carbons (Fsp3) is 0.174.